The van der Waals surface area contributed by atoms with Crippen molar-refractivity contribution < 1.29 is 4.74 Å². The van der Waals surface area contributed by atoms with E-state index in [0.717, 1.165) is 25.4 Å². The van der Waals surface area contributed by atoms with Gasteiger partial charge < -0.3 is 10.1 Å². The summed E-state index contributed by atoms with van der Waals surface area (Å²) < 4.78 is 5.16. The highest BCUT2D eigenvalue weighted by molar-refractivity contribution is 5.35. The SMILES string of the molecule is COc1nccc2c1CNCC2. The van der Waals surface area contributed by atoms with E-state index in [1.807, 2.05) is 6.20 Å². The third-order valence-corrected chi connectivity index (χ3v) is 2.18. The number of ether oxygens (including phenoxy) is 1. The summed E-state index contributed by atoms with van der Waals surface area (Å²) in [5, 5.41) is 3.30. The lowest BCUT2D eigenvalue weighted by atomic mass is 10.0. The predicted octanol–water partition coefficient (Wildman–Crippen LogP) is 0.736. The Morgan fingerprint density at radius 3 is 3.33 bits per heavy atom. The van der Waals surface area contributed by atoms with E-state index in [2.05, 4.69) is 16.4 Å². The van der Waals surface area contributed by atoms with Gasteiger partial charge in [-0.3, -0.25) is 0 Å². The van der Waals surface area contributed by atoms with Gasteiger partial charge in [-0.15, -0.1) is 0 Å². The molecule has 0 fully saturated rings. The Labute approximate surface area is 71.8 Å². The van der Waals surface area contributed by atoms with Crippen molar-refractivity contribution in [2.24, 2.45) is 0 Å². The van der Waals surface area contributed by atoms with Gasteiger partial charge in [-0.1, -0.05) is 0 Å². The quantitative estimate of drug-likeness (QED) is 0.664. The zero-order valence-corrected chi connectivity index (χ0v) is 7.13. The zero-order chi connectivity index (χ0) is 8.39. The lowest BCUT2D eigenvalue weighted by Crippen LogP contribution is -2.24. The molecule has 1 aliphatic rings. The van der Waals surface area contributed by atoms with Crippen LogP contribution in [0.5, 0.6) is 5.88 Å². The standard InChI is InChI=1S/C9H12N2O/c1-12-9-8-6-10-4-2-7(8)3-5-11-9/h3,5,10H,2,4,6H2,1H3. The van der Waals surface area contributed by atoms with E-state index >= 15 is 0 Å². The largest absolute Gasteiger partial charge is 0.481 e. The van der Waals surface area contributed by atoms with Crippen LogP contribution in [0.25, 0.3) is 0 Å². The topological polar surface area (TPSA) is 34.1 Å². The Bertz CT molecular complexity index is 272. The minimum absolute atomic E-state index is 0.764. The Kier molecular flexibility index (Phi) is 1.96. The summed E-state index contributed by atoms with van der Waals surface area (Å²) >= 11 is 0. The van der Waals surface area contributed by atoms with Crippen LogP contribution < -0.4 is 10.1 Å². The lowest BCUT2D eigenvalue weighted by Gasteiger charge is -2.18. The molecule has 12 heavy (non-hydrogen) atoms. The van der Waals surface area contributed by atoms with Gasteiger partial charge in [-0.25, -0.2) is 4.98 Å². The number of aromatic nitrogens is 1. The Morgan fingerprint density at radius 2 is 2.50 bits per heavy atom. The van der Waals surface area contributed by atoms with Crippen molar-refractivity contribution >= 4 is 0 Å². The molecular formula is C9H12N2O. The maximum atomic E-state index is 5.16. The van der Waals surface area contributed by atoms with Crippen molar-refractivity contribution in [2.45, 2.75) is 13.0 Å². The maximum Gasteiger partial charge on any atom is 0.217 e. The highest BCUT2D eigenvalue weighted by Crippen LogP contribution is 2.21. The number of hydrogen-bond donors (Lipinski definition) is 1. The molecule has 0 saturated carbocycles. The Balaban J connectivity index is 2.44. The van der Waals surface area contributed by atoms with E-state index < -0.39 is 0 Å². The molecule has 0 spiro atoms. The normalized spacial score (nSPS) is 15.4. The van der Waals surface area contributed by atoms with Gasteiger partial charge in [-0.05, 0) is 24.6 Å². The number of rotatable bonds is 1. The van der Waals surface area contributed by atoms with Crippen molar-refractivity contribution in [1.29, 1.82) is 0 Å². The Morgan fingerprint density at radius 1 is 1.58 bits per heavy atom. The fourth-order valence-electron chi connectivity index (χ4n) is 1.55. The summed E-state index contributed by atoms with van der Waals surface area (Å²) in [5.41, 5.74) is 2.58. The number of fused-ring (bicyclic) bond motifs is 1. The third kappa shape index (κ3) is 1.16. The molecule has 1 aromatic rings. The molecule has 0 aliphatic carbocycles. The predicted molar refractivity (Wildman–Crippen MR) is 46.2 cm³/mol. The molecule has 0 aromatic carbocycles. The molecule has 2 rings (SSSR count). The number of pyridine rings is 1. The minimum atomic E-state index is 0.764. The second-order valence-corrected chi connectivity index (χ2v) is 2.88. The summed E-state index contributed by atoms with van der Waals surface area (Å²) in [6, 6.07) is 2.07. The average molecular weight is 164 g/mol. The van der Waals surface area contributed by atoms with E-state index in [1.165, 1.54) is 11.1 Å². The molecule has 3 heteroatoms. The third-order valence-electron chi connectivity index (χ3n) is 2.18. The summed E-state index contributed by atoms with van der Waals surface area (Å²) in [4.78, 5) is 4.15. The Hall–Kier alpha value is -1.09. The van der Waals surface area contributed by atoms with Crippen LogP contribution in [0.15, 0.2) is 12.3 Å². The van der Waals surface area contributed by atoms with Crippen molar-refractivity contribution in [2.75, 3.05) is 13.7 Å². The van der Waals surface area contributed by atoms with Gasteiger partial charge in [-0.2, -0.15) is 0 Å². The van der Waals surface area contributed by atoms with Crippen LogP contribution in [0.3, 0.4) is 0 Å². The van der Waals surface area contributed by atoms with E-state index in [4.69, 9.17) is 4.74 Å². The molecule has 0 radical (unpaired) electrons. The van der Waals surface area contributed by atoms with Gasteiger partial charge in [0.25, 0.3) is 0 Å². The molecule has 0 bridgehead atoms. The molecule has 64 valence electrons. The van der Waals surface area contributed by atoms with Crippen molar-refractivity contribution in [1.82, 2.24) is 10.3 Å². The first-order valence-corrected chi connectivity index (χ1v) is 4.13. The van der Waals surface area contributed by atoms with Crippen LogP contribution in [-0.4, -0.2) is 18.6 Å². The molecule has 1 aromatic heterocycles. The van der Waals surface area contributed by atoms with E-state index in [0.29, 0.717) is 0 Å². The summed E-state index contributed by atoms with van der Waals surface area (Å²) in [6.07, 6.45) is 2.89. The van der Waals surface area contributed by atoms with Crippen LogP contribution in [0.2, 0.25) is 0 Å². The fourth-order valence-corrected chi connectivity index (χ4v) is 1.55. The van der Waals surface area contributed by atoms with Gasteiger partial charge in [0.1, 0.15) is 0 Å². The van der Waals surface area contributed by atoms with E-state index in [-0.39, 0.29) is 0 Å². The van der Waals surface area contributed by atoms with Crippen molar-refractivity contribution in [3.63, 3.8) is 0 Å². The van der Waals surface area contributed by atoms with Gasteiger partial charge in [0.15, 0.2) is 0 Å². The first kappa shape index (κ1) is 7.55. The highest BCUT2D eigenvalue weighted by Gasteiger charge is 2.13. The molecule has 2 heterocycles. The van der Waals surface area contributed by atoms with Crippen LogP contribution >= 0.6 is 0 Å². The highest BCUT2D eigenvalue weighted by atomic mass is 16.5. The second kappa shape index (κ2) is 3.11. The summed E-state index contributed by atoms with van der Waals surface area (Å²) in [6.45, 7) is 1.94. The van der Waals surface area contributed by atoms with Crippen molar-refractivity contribution in [3.05, 3.63) is 23.4 Å². The number of nitrogens with one attached hydrogen (secondary N) is 1. The first-order valence-electron chi connectivity index (χ1n) is 4.13. The summed E-state index contributed by atoms with van der Waals surface area (Å²) in [5.74, 6) is 0.764. The molecular weight excluding hydrogens is 152 g/mol. The van der Waals surface area contributed by atoms with Crippen LogP contribution in [0.4, 0.5) is 0 Å². The zero-order valence-electron chi connectivity index (χ0n) is 7.13. The van der Waals surface area contributed by atoms with Gasteiger partial charge in [0, 0.05) is 18.3 Å². The monoisotopic (exact) mass is 164 g/mol. The molecule has 3 nitrogen and oxygen atoms in total. The van der Waals surface area contributed by atoms with Crippen LogP contribution in [0, 0.1) is 0 Å². The van der Waals surface area contributed by atoms with Crippen molar-refractivity contribution in [3.8, 4) is 5.88 Å². The van der Waals surface area contributed by atoms with E-state index in [9.17, 15) is 0 Å². The number of methoxy groups -OCH3 is 1. The maximum absolute atomic E-state index is 5.16. The molecule has 0 amide bonds. The number of nitrogens with zero attached hydrogens (tertiary/aromatic N) is 1. The first-order chi connectivity index (χ1) is 5.92. The number of hydrogen-bond acceptors (Lipinski definition) is 3. The fraction of sp³-hybridized carbons (Fsp3) is 0.444. The molecule has 0 saturated heterocycles. The molecule has 0 unspecified atom stereocenters. The van der Waals surface area contributed by atoms with Gasteiger partial charge >= 0.3 is 0 Å². The molecule has 1 N–H and O–H groups in total. The molecule has 1 aliphatic heterocycles. The average Bonchev–Trinajstić information content (AvgIpc) is 2.17. The van der Waals surface area contributed by atoms with Crippen LogP contribution in [-0.2, 0) is 13.0 Å². The molecule has 0 atom stereocenters. The minimum Gasteiger partial charge on any atom is -0.481 e. The second-order valence-electron chi connectivity index (χ2n) is 2.88. The van der Waals surface area contributed by atoms with Crippen LogP contribution in [0.1, 0.15) is 11.1 Å². The lowest BCUT2D eigenvalue weighted by molar-refractivity contribution is 0.387. The van der Waals surface area contributed by atoms with Gasteiger partial charge in [0.05, 0.1) is 7.11 Å². The smallest absolute Gasteiger partial charge is 0.217 e. The van der Waals surface area contributed by atoms with Gasteiger partial charge in [0.2, 0.25) is 5.88 Å². The summed E-state index contributed by atoms with van der Waals surface area (Å²) in [7, 11) is 1.66. The van der Waals surface area contributed by atoms with E-state index in [1.54, 1.807) is 7.11 Å².